The van der Waals surface area contributed by atoms with Crippen LogP contribution in [0.25, 0.3) is 0 Å². The lowest BCUT2D eigenvalue weighted by atomic mass is 9.48. The van der Waals surface area contributed by atoms with E-state index >= 15 is 0 Å². The van der Waals surface area contributed by atoms with Crippen molar-refractivity contribution in [2.75, 3.05) is 13.2 Å². The van der Waals surface area contributed by atoms with E-state index in [-0.39, 0.29) is 42.0 Å². The Kier molecular flexibility index (Phi) is 5.56. The molecule has 5 heteroatoms. The van der Waals surface area contributed by atoms with Crippen LogP contribution in [0.2, 0.25) is 0 Å². The summed E-state index contributed by atoms with van der Waals surface area (Å²) in [7, 11) is 0. The van der Waals surface area contributed by atoms with Gasteiger partial charge in [-0.15, -0.1) is 0 Å². The molecule has 0 spiro atoms. The van der Waals surface area contributed by atoms with Gasteiger partial charge in [0.1, 0.15) is 0 Å². The van der Waals surface area contributed by atoms with Crippen molar-refractivity contribution in [1.29, 1.82) is 0 Å². The molecule has 0 radical (unpaired) electrons. The van der Waals surface area contributed by atoms with E-state index in [1.54, 1.807) is 0 Å². The minimum absolute atomic E-state index is 0.0146. The Balaban J connectivity index is 1.87. The minimum atomic E-state index is -0.634. The van der Waals surface area contributed by atoms with Crippen LogP contribution >= 0.6 is 12.9 Å². The highest BCUT2D eigenvalue weighted by Gasteiger charge is 2.61. The maximum atomic E-state index is 10.9. The Hall–Kier alpha value is 0.190. The van der Waals surface area contributed by atoms with E-state index in [1.807, 2.05) is 6.92 Å². The molecule has 0 bridgehead atoms. The first-order chi connectivity index (χ1) is 11.7. The number of hydrogen-bond donors (Lipinski definition) is 4. The lowest BCUT2D eigenvalue weighted by Gasteiger charge is -2.57. The molecule has 3 saturated carbocycles. The van der Waals surface area contributed by atoms with Crippen LogP contribution in [0, 0.1) is 34.5 Å². The third kappa shape index (κ3) is 2.98. The van der Waals surface area contributed by atoms with Crippen molar-refractivity contribution in [1.82, 2.24) is 0 Å². The van der Waals surface area contributed by atoms with Gasteiger partial charge in [0.15, 0.2) is 0 Å². The van der Waals surface area contributed by atoms with Crippen LogP contribution in [0.15, 0.2) is 0 Å². The summed E-state index contributed by atoms with van der Waals surface area (Å²) in [6, 6.07) is 0. The molecule has 8 atom stereocenters. The summed E-state index contributed by atoms with van der Waals surface area (Å²) in [5.41, 5.74) is -0.723. The molecule has 4 nitrogen and oxygen atoms in total. The summed E-state index contributed by atoms with van der Waals surface area (Å²) in [4.78, 5) is 0. The summed E-state index contributed by atoms with van der Waals surface area (Å²) < 4.78 is 5.27. The summed E-state index contributed by atoms with van der Waals surface area (Å²) in [6.07, 6.45) is 6.77. The van der Waals surface area contributed by atoms with Gasteiger partial charge >= 0.3 is 0 Å². The lowest BCUT2D eigenvalue weighted by molar-refractivity contribution is -0.142. The number of fused-ring (bicyclic) bond motifs is 1. The van der Waals surface area contributed by atoms with Crippen molar-refractivity contribution in [2.24, 2.45) is 34.5 Å². The smallest absolute Gasteiger partial charge is 0.0723 e. The molecule has 0 unspecified atom stereocenters. The average Bonchev–Trinajstić information content (AvgIpc) is 2.84. The fourth-order valence-electron chi connectivity index (χ4n) is 6.85. The Bertz CT molecular complexity index is 484. The molecule has 3 aliphatic rings. The zero-order chi connectivity index (χ0) is 18.5. The third-order valence-corrected chi connectivity index (χ3v) is 9.21. The largest absolute Gasteiger partial charge is 0.396 e. The number of thiol groups is 1. The fourth-order valence-corrected chi connectivity index (χ4v) is 7.04. The fraction of sp³-hybridized carbons (Fsp3) is 1.00. The molecule has 0 heterocycles. The number of rotatable bonds is 4. The van der Waals surface area contributed by atoms with Gasteiger partial charge in [-0.1, -0.05) is 13.8 Å². The van der Waals surface area contributed by atoms with Gasteiger partial charge in [-0.05, 0) is 99.3 Å². The first kappa shape index (κ1) is 19.9. The Morgan fingerprint density at radius 2 is 1.64 bits per heavy atom. The molecule has 0 amide bonds. The van der Waals surface area contributed by atoms with E-state index in [0.29, 0.717) is 11.8 Å². The molecular weight excluding hydrogens is 336 g/mol. The zero-order valence-corrected chi connectivity index (χ0v) is 16.8. The minimum Gasteiger partial charge on any atom is -0.396 e. The summed E-state index contributed by atoms with van der Waals surface area (Å²) >= 11 is 3.99. The Morgan fingerprint density at radius 3 is 2.24 bits per heavy atom. The van der Waals surface area contributed by atoms with Gasteiger partial charge in [-0.25, -0.2) is 0 Å². The van der Waals surface area contributed by atoms with Gasteiger partial charge in [-0.2, -0.15) is 0 Å². The maximum Gasteiger partial charge on any atom is 0.0723 e. The zero-order valence-electron chi connectivity index (χ0n) is 15.9. The first-order valence-electron chi connectivity index (χ1n) is 9.98. The van der Waals surface area contributed by atoms with Crippen molar-refractivity contribution in [3.63, 3.8) is 0 Å². The molecule has 3 rings (SSSR count). The molecule has 0 aromatic rings. The number of hydrogen-bond acceptors (Lipinski definition) is 5. The van der Waals surface area contributed by atoms with Crippen molar-refractivity contribution >= 4 is 12.9 Å². The van der Waals surface area contributed by atoms with Crippen molar-refractivity contribution < 1.29 is 19.5 Å². The first-order valence-corrected chi connectivity index (χ1v) is 10.3. The molecule has 3 fully saturated rings. The van der Waals surface area contributed by atoms with Gasteiger partial charge in [0, 0.05) is 13.2 Å². The third-order valence-electron chi connectivity index (χ3n) is 8.91. The molecule has 3 N–H and O–H groups in total. The highest BCUT2D eigenvalue weighted by atomic mass is 32.1. The number of aliphatic hydroxyl groups excluding tert-OH is 2. The molecule has 3 aliphatic carbocycles. The average molecular weight is 373 g/mol. The van der Waals surface area contributed by atoms with Crippen LogP contribution in [0.4, 0.5) is 0 Å². The van der Waals surface area contributed by atoms with E-state index < -0.39 is 5.60 Å². The predicted octanol–water partition coefficient (Wildman–Crippen LogP) is 3.20. The summed E-state index contributed by atoms with van der Waals surface area (Å²) in [5, 5.41) is 31.3. The monoisotopic (exact) mass is 372 g/mol. The van der Waals surface area contributed by atoms with E-state index in [0.717, 1.165) is 44.9 Å². The molecule has 146 valence electrons. The SMILES string of the molecule is C[C@]1([C@H]2CC[C@@]3(C)[C@@H](CC[C@]3(C)O)[C@@H]2CO)CC[C@H](OS)C[C@@H]1CO. The van der Waals surface area contributed by atoms with E-state index in [4.69, 9.17) is 4.18 Å². The van der Waals surface area contributed by atoms with E-state index in [1.165, 1.54) is 0 Å². The van der Waals surface area contributed by atoms with Crippen molar-refractivity contribution in [2.45, 2.75) is 77.4 Å². The van der Waals surface area contributed by atoms with Gasteiger partial charge < -0.3 is 19.5 Å². The van der Waals surface area contributed by atoms with Crippen LogP contribution in [0.1, 0.15) is 65.7 Å². The van der Waals surface area contributed by atoms with Crippen molar-refractivity contribution in [3.8, 4) is 0 Å². The lowest BCUT2D eigenvalue weighted by Crippen LogP contribution is -2.55. The maximum absolute atomic E-state index is 10.9. The van der Waals surface area contributed by atoms with Gasteiger partial charge in [0.05, 0.1) is 11.7 Å². The van der Waals surface area contributed by atoms with Gasteiger partial charge in [0.2, 0.25) is 0 Å². The van der Waals surface area contributed by atoms with Gasteiger partial charge in [0.25, 0.3) is 0 Å². The van der Waals surface area contributed by atoms with E-state index in [9.17, 15) is 15.3 Å². The normalized spacial score (nSPS) is 53.6. The molecule has 0 saturated heterocycles. The van der Waals surface area contributed by atoms with E-state index in [2.05, 4.69) is 26.8 Å². The topological polar surface area (TPSA) is 69.9 Å². The van der Waals surface area contributed by atoms with Crippen LogP contribution in [0.5, 0.6) is 0 Å². The molecular formula is C20H36O4S. The predicted molar refractivity (Wildman–Crippen MR) is 101 cm³/mol. The van der Waals surface area contributed by atoms with Crippen LogP contribution < -0.4 is 0 Å². The molecule has 0 aromatic heterocycles. The second-order valence-electron chi connectivity index (χ2n) is 9.72. The molecule has 0 aromatic carbocycles. The highest BCUT2D eigenvalue weighted by molar-refractivity contribution is 7.75. The van der Waals surface area contributed by atoms with Gasteiger partial charge in [-0.3, -0.25) is 0 Å². The summed E-state index contributed by atoms with van der Waals surface area (Å²) in [5.74, 6) is 1.15. The Labute approximate surface area is 158 Å². The molecule has 25 heavy (non-hydrogen) atoms. The molecule has 0 aliphatic heterocycles. The van der Waals surface area contributed by atoms with Crippen molar-refractivity contribution in [3.05, 3.63) is 0 Å². The Morgan fingerprint density at radius 1 is 0.960 bits per heavy atom. The standard InChI is InChI=1S/C20H36O4S/c1-18(7-4-14(24-25)10-13(18)11-21)16-5-8-19(2)17(15(16)12-22)6-9-20(19,3)23/h13-17,21-23,25H,4-12H2,1-3H3/t13-,14+,15-,16+,17+,18+,19+,20+/m1/s1. The van der Waals surface area contributed by atoms with Crippen LogP contribution in [-0.4, -0.2) is 40.2 Å². The van der Waals surface area contributed by atoms with Crippen LogP contribution in [-0.2, 0) is 4.18 Å². The summed E-state index contributed by atoms with van der Waals surface area (Å²) in [6.45, 7) is 6.86. The quantitative estimate of drug-likeness (QED) is 0.452. The second kappa shape index (κ2) is 6.97. The second-order valence-corrected chi connectivity index (χ2v) is 9.93. The van der Waals surface area contributed by atoms with Crippen LogP contribution in [0.3, 0.4) is 0 Å². The highest BCUT2D eigenvalue weighted by Crippen LogP contribution is 2.64. The number of aliphatic hydroxyl groups is 3.